The second-order valence-corrected chi connectivity index (χ2v) is 6.15. The number of carbonyl (C=O) groups excluding carboxylic acids is 1. The van der Waals surface area contributed by atoms with Gasteiger partial charge in [0.1, 0.15) is 0 Å². The molecule has 0 spiro atoms. The molecule has 0 radical (unpaired) electrons. The molecule has 3 rings (SSSR count). The average molecular weight is 310 g/mol. The van der Waals surface area contributed by atoms with E-state index < -0.39 is 11.6 Å². The van der Waals surface area contributed by atoms with Gasteiger partial charge in [-0.1, -0.05) is 13.0 Å². The maximum absolute atomic E-state index is 13.2. The molecule has 2 heterocycles. The summed E-state index contributed by atoms with van der Waals surface area (Å²) in [6.07, 6.45) is 3.38. The van der Waals surface area contributed by atoms with Crippen LogP contribution in [0.4, 0.5) is 13.6 Å². The van der Waals surface area contributed by atoms with E-state index >= 15 is 0 Å². The van der Waals surface area contributed by atoms with Crippen LogP contribution in [-0.4, -0.2) is 30.8 Å². The highest BCUT2D eigenvalue weighted by Gasteiger charge is 2.41. The summed E-state index contributed by atoms with van der Waals surface area (Å²) < 4.78 is 31.8. The molecule has 0 aliphatic carbocycles. The lowest BCUT2D eigenvalue weighted by Gasteiger charge is -2.21. The highest BCUT2D eigenvalue weighted by atomic mass is 19.2. The predicted molar refractivity (Wildman–Crippen MR) is 77.6 cm³/mol. The van der Waals surface area contributed by atoms with Gasteiger partial charge in [-0.05, 0) is 42.9 Å². The quantitative estimate of drug-likeness (QED) is 0.898. The summed E-state index contributed by atoms with van der Waals surface area (Å²) in [6.45, 7) is 2.21. The Kier molecular flexibility index (Phi) is 4.29. The van der Waals surface area contributed by atoms with Crippen molar-refractivity contribution in [2.45, 2.75) is 50.4 Å². The number of hydrogen-bond donors (Lipinski definition) is 2. The van der Waals surface area contributed by atoms with Crippen molar-refractivity contribution in [1.82, 2.24) is 10.6 Å². The Morgan fingerprint density at radius 3 is 2.82 bits per heavy atom. The number of ether oxygens (including phenoxy) is 1. The van der Waals surface area contributed by atoms with E-state index in [0.29, 0.717) is 12.1 Å². The zero-order valence-corrected chi connectivity index (χ0v) is 12.4. The molecule has 2 N–H and O–H groups in total. The molecule has 2 saturated heterocycles. The van der Waals surface area contributed by atoms with Gasteiger partial charge in [0.2, 0.25) is 0 Å². The summed E-state index contributed by atoms with van der Waals surface area (Å²) in [4.78, 5) is 11.9. The van der Waals surface area contributed by atoms with Gasteiger partial charge in [-0.3, -0.25) is 0 Å². The fraction of sp³-hybridized carbons (Fsp3) is 0.562. The lowest BCUT2D eigenvalue weighted by Crippen LogP contribution is -2.47. The number of nitrogens with one attached hydrogen (secondary N) is 2. The van der Waals surface area contributed by atoms with Crippen molar-refractivity contribution < 1.29 is 18.3 Å². The maximum Gasteiger partial charge on any atom is 0.315 e. The lowest BCUT2D eigenvalue weighted by atomic mass is 9.96. The number of fused-ring (bicyclic) bond motifs is 2. The molecule has 0 saturated carbocycles. The number of hydrogen-bond acceptors (Lipinski definition) is 2. The number of halogens is 2. The first kappa shape index (κ1) is 15.2. The number of urea groups is 1. The van der Waals surface area contributed by atoms with Gasteiger partial charge in [-0.2, -0.15) is 0 Å². The van der Waals surface area contributed by atoms with Gasteiger partial charge in [0.15, 0.2) is 11.6 Å². The van der Waals surface area contributed by atoms with E-state index in [-0.39, 0.29) is 30.2 Å². The van der Waals surface area contributed by atoms with Crippen LogP contribution in [0.15, 0.2) is 18.2 Å². The van der Waals surface area contributed by atoms with Crippen LogP contribution in [-0.2, 0) is 4.74 Å². The molecule has 2 aliphatic rings. The number of carbonyl (C=O) groups is 1. The molecule has 0 unspecified atom stereocenters. The van der Waals surface area contributed by atoms with E-state index in [0.717, 1.165) is 25.3 Å². The van der Waals surface area contributed by atoms with E-state index in [4.69, 9.17) is 4.74 Å². The Bertz CT molecular complexity index is 567. The van der Waals surface area contributed by atoms with Crippen LogP contribution in [0.1, 0.15) is 37.7 Å². The van der Waals surface area contributed by atoms with E-state index in [1.54, 1.807) is 0 Å². The molecule has 1 aromatic rings. The third kappa shape index (κ3) is 3.21. The van der Waals surface area contributed by atoms with Crippen LogP contribution in [0.5, 0.6) is 0 Å². The standard InChI is InChI=1S/C16H20F2N2O2/c1-9(10-2-4-12(17)13(18)6-10)8-19-16(21)20-14-7-11-3-5-15(14)22-11/h2,4,6,9,11,14-15H,3,5,7-8H2,1H3,(H2,19,20,21)/t9-,11+,14-,15+/m0/s1. The van der Waals surface area contributed by atoms with Crippen molar-refractivity contribution in [3.05, 3.63) is 35.4 Å². The Morgan fingerprint density at radius 1 is 1.36 bits per heavy atom. The molecule has 2 amide bonds. The van der Waals surface area contributed by atoms with Crippen molar-refractivity contribution in [2.24, 2.45) is 0 Å². The minimum atomic E-state index is -0.868. The maximum atomic E-state index is 13.2. The van der Waals surface area contributed by atoms with Gasteiger partial charge in [0.05, 0.1) is 18.2 Å². The van der Waals surface area contributed by atoms with Crippen molar-refractivity contribution >= 4 is 6.03 Å². The highest BCUT2D eigenvalue weighted by molar-refractivity contribution is 5.74. The molecule has 22 heavy (non-hydrogen) atoms. The molecule has 4 atom stereocenters. The summed E-state index contributed by atoms with van der Waals surface area (Å²) >= 11 is 0. The topological polar surface area (TPSA) is 50.4 Å². The fourth-order valence-electron chi connectivity index (χ4n) is 3.19. The molecule has 4 nitrogen and oxygen atoms in total. The lowest BCUT2D eigenvalue weighted by molar-refractivity contribution is 0.0981. The molecule has 2 aliphatic heterocycles. The van der Waals surface area contributed by atoms with Crippen LogP contribution in [0.3, 0.4) is 0 Å². The Morgan fingerprint density at radius 2 is 2.18 bits per heavy atom. The third-order valence-corrected chi connectivity index (χ3v) is 4.50. The van der Waals surface area contributed by atoms with Crippen molar-refractivity contribution in [3.63, 3.8) is 0 Å². The normalized spacial score (nSPS) is 27.7. The monoisotopic (exact) mass is 310 g/mol. The van der Waals surface area contributed by atoms with Crippen LogP contribution in [0.25, 0.3) is 0 Å². The van der Waals surface area contributed by atoms with Gasteiger partial charge in [-0.25, -0.2) is 13.6 Å². The summed E-state index contributed by atoms with van der Waals surface area (Å²) in [5, 5.41) is 5.71. The Labute approximate surface area is 128 Å². The van der Waals surface area contributed by atoms with E-state index in [1.807, 2.05) is 6.92 Å². The van der Waals surface area contributed by atoms with Crippen molar-refractivity contribution in [3.8, 4) is 0 Å². The first-order valence-corrected chi connectivity index (χ1v) is 7.67. The van der Waals surface area contributed by atoms with Gasteiger partial charge in [0.25, 0.3) is 0 Å². The summed E-state index contributed by atoms with van der Waals surface area (Å²) in [6, 6.07) is 3.65. The molecule has 2 fully saturated rings. The van der Waals surface area contributed by atoms with Crippen LogP contribution < -0.4 is 10.6 Å². The predicted octanol–water partition coefficient (Wildman–Crippen LogP) is 2.69. The van der Waals surface area contributed by atoms with Crippen LogP contribution in [0.2, 0.25) is 0 Å². The molecular formula is C16H20F2N2O2. The molecular weight excluding hydrogens is 290 g/mol. The van der Waals surface area contributed by atoms with Gasteiger partial charge in [0, 0.05) is 6.54 Å². The van der Waals surface area contributed by atoms with Gasteiger partial charge in [-0.15, -0.1) is 0 Å². The third-order valence-electron chi connectivity index (χ3n) is 4.50. The largest absolute Gasteiger partial charge is 0.373 e. The molecule has 1 aromatic carbocycles. The smallest absolute Gasteiger partial charge is 0.315 e. The summed E-state index contributed by atoms with van der Waals surface area (Å²) in [5.41, 5.74) is 0.655. The first-order valence-electron chi connectivity index (χ1n) is 7.67. The van der Waals surface area contributed by atoms with Gasteiger partial charge < -0.3 is 15.4 Å². The number of rotatable bonds is 4. The zero-order valence-electron chi connectivity index (χ0n) is 12.4. The van der Waals surface area contributed by atoms with Crippen molar-refractivity contribution in [1.29, 1.82) is 0 Å². The second kappa shape index (κ2) is 6.20. The van der Waals surface area contributed by atoms with Crippen molar-refractivity contribution in [2.75, 3.05) is 6.54 Å². The molecule has 120 valence electrons. The van der Waals surface area contributed by atoms with E-state index in [1.165, 1.54) is 12.1 Å². The van der Waals surface area contributed by atoms with E-state index in [2.05, 4.69) is 10.6 Å². The number of amides is 2. The summed E-state index contributed by atoms with van der Waals surface area (Å²) in [7, 11) is 0. The van der Waals surface area contributed by atoms with Crippen LogP contribution in [0, 0.1) is 11.6 Å². The number of benzene rings is 1. The molecule has 2 bridgehead atoms. The molecule has 0 aromatic heterocycles. The first-order chi connectivity index (χ1) is 10.5. The highest BCUT2D eigenvalue weighted by Crippen LogP contribution is 2.34. The van der Waals surface area contributed by atoms with E-state index in [9.17, 15) is 13.6 Å². The minimum Gasteiger partial charge on any atom is -0.373 e. The van der Waals surface area contributed by atoms with Crippen LogP contribution >= 0.6 is 0 Å². The second-order valence-electron chi connectivity index (χ2n) is 6.15. The fourth-order valence-corrected chi connectivity index (χ4v) is 3.19. The Balaban J connectivity index is 1.47. The summed E-state index contributed by atoms with van der Waals surface area (Å²) in [5.74, 6) is -1.83. The minimum absolute atomic E-state index is 0.0809. The molecule has 6 heteroatoms. The Hall–Kier alpha value is -1.69. The SMILES string of the molecule is C[C@@H](CNC(=O)N[C@H]1C[C@H]2CC[C@H]1O2)c1ccc(F)c(F)c1. The zero-order chi connectivity index (χ0) is 15.7. The van der Waals surface area contributed by atoms with Gasteiger partial charge >= 0.3 is 6.03 Å². The average Bonchev–Trinajstić information content (AvgIpc) is 3.10.